The Hall–Kier alpha value is -2.40. The summed E-state index contributed by atoms with van der Waals surface area (Å²) in [6.07, 6.45) is 0.991. The van der Waals surface area contributed by atoms with Crippen LogP contribution in [0.5, 0.6) is 5.75 Å². The average molecular weight is 384 g/mol. The summed E-state index contributed by atoms with van der Waals surface area (Å²) >= 11 is 0. The number of halogens is 1. The van der Waals surface area contributed by atoms with Gasteiger partial charge in [-0.25, -0.2) is 4.39 Å². The number of hydrogen-bond acceptors (Lipinski definition) is 3. The Balaban J connectivity index is 1.69. The van der Waals surface area contributed by atoms with E-state index in [4.69, 9.17) is 4.74 Å². The van der Waals surface area contributed by atoms with E-state index in [2.05, 4.69) is 24.1 Å². The maximum atomic E-state index is 14.4. The molecule has 1 N–H and O–H groups in total. The van der Waals surface area contributed by atoms with Crippen molar-refractivity contribution in [3.63, 3.8) is 0 Å². The van der Waals surface area contributed by atoms with E-state index in [0.29, 0.717) is 44.1 Å². The first-order valence-electron chi connectivity index (χ1n) is 10.0. The fourth-order valence-electron chi connectivity index (χ4n) is 3.40. The highest BCUT2D eigenvalue weighted by atomic mass is 19.1. The summed E-state index contributed by atoms with van der Waals surface area (Å²) in [5, 5.41) is 2.98. The number of para-hydroxylation sites is 1. The van der Waals surface area contributed by atoms with Gasteiger partial charge in [-0.1, -0.05) is 50.2 Å². The van der Waals surface area contributed by atoms with Crippen molar-refractivity contribution in [3.8, 4) is 5.75 Å². The van der Waals surface area contributed by atoms with E-state index in [-0.39, 0.29) is 11.7 Å². The Morgan fingerprint density at radius 2 is 1.96 bits per heavy atom. The Kier molecular flexibility index (Phi) is 7.04. The fourth-order valence-corrected chi connectivity index (χ4v) is 3.40. The van der Waals surface area contributed by atoms with Crippen LogP contribution >= 0.6 is 0 Å². The van der Waals surface area contributed by atoms with Crippen LogP contribution in [0.4, 0.5) is 4.39 Å². The van der Waals surface area contributed by atoms with Crippen molar-refractivity contribution < 1.29 is 13.9 Å². The summed E-state index contributed by atoms with van der Waals surface area (Å²) in [6.45, 7) is 6.82. The van der Waals surface area contributed by atoms with E-state index in [1.54, 1.807) is 12.1 Å². The number of hydrogen-bond donors (Lipinski definition) is 1. The van der Waals surface area contributed by atoms with Crippen LogP contribution in [0.1, 0.15) is 43.9 Å². The molecule has 3 rings (SSSR count). The zero-order valence-corrected chi connectivity index (χ0v) is 16.7. The van der Waals surface area contributed by atoms with Gasteiger partial charge in [0.1, 0.15) is 17.7 Å². The van der Waals surface area contributed by atoms with Crippen LogP contribution in [0.15, 0.2) is 48.5 Å². The lowest BCUT2D eigenvalue weighted by atomic mass is 10.1. The molecular weight excluding hydrogens is 355 g/mol. The fraction of sp³-hybridized carbons (Fsp3) is 0.435. The van der Waals surface area contributed by atoms with Crippen LogP contribution in [0, 0.1) is 11.7 Å². The van der Waals surface area contributed by atoms with Gasteiger partial charge in [-0.15, -0.1) is 0 Å². The molecule has 1 atom stereocenters. The molecule has 1 aliphatic heterocycles. The average Bonchev–Trinajstić information content (AvgIpc) is 2.85. The van der Waals surface area contributed by atoms with E-state index in [0.717, 1.165) is 17.7 Å². The highest BCUT2D eigenvalue weighted by Gasteiger charge is 2.26. The smallest absolute Gasteiger partial charge is 0.221 e. The van der Waals surface area contributed by atoms with Gasteiger partial charge >= 0.3 is 0 Å². The van der Waals surface area contributed by atoms with Gasteiger partial charge in [0.15, 0.2) is 0 Å². The van der Waals surface area contributed by atoms with Gasteiger partial charge in [-0.3, -0.25) is 9.69 Å². The number of carbonyl (C=O) groups is 1. The Morgan fingerprint density at radius 1 is 1.21 bits per heavy atom. The lowest BCUT2D eigenvalue weighted by Crippen LogP contribution is -2.33. The first kappa shape index (κ1) is 20.3. The molecule has 0 spiro atoms. The molecule has 5 heteroatoms. The summed E-state index contributed by atoms with van der Waals surface area (Å²) in [7, 11) is 0. The van der Waals surface area contributed by atoms with Gasteiger partial charge in [-0.2, -0.15) is 0 Å². The SMILES string of the molecule is CC(C)CCNC(=O)CCN1Cc2ccccc2O[C@H](c2ccccc2F)C1. The lowest BCUT2D eigenvalue weighted by Gasteiger charge is -2.24. The molecule has 0 saturated heterocycles. The maximum Gasteiger partial charge on any atom is 0.221 e. The van der Waals surface area contributed by atoms with Gasteiger partial charge in [0.25, 0.3) is 0 Å². The summed E-state index contributed by atoms with van der Waals surface area (Å²) in [6, 6.07) is 14.6. The monoisotopic (exact) mass is 384 g/mol. The van der Waals surface area contributed by atoms with Gasteiger partial charge in [-0.05, 0) is 24.5 Å². The van der Waals surface area contributed by atoms with Crippen molar-refractivity contribution in [2.75, 3.05) is 19.6 Å². The molecule has 28 heavy (non-hydrogen) atoms. The first-order valence-corrected chi connectivity index (χ1v) is 10.0. The number of nitrogens with zero attached hydrogens (tertiary/aromatic N) is 1. The standard InChI is InChI=1S/C23H29FN2O2/c1-17(2)11-13-25-23(27)12-14-26-15-18-7-3-6-10-21(18)28-22(16-26)19-8-4-5-9-20(19)24/h3-10,17,22H,11-16H2,1-2H3,(H,25,27)/t22-/m0/s1. The molecule has 4 nitrogen and oxygen atoms in total. The third-order valence-electron chi connectivity index (χ3n) is 5.01. The molecule has 2 aromatic carbocycles. The zero-order valence-electron chi connectivity index (χ0n) is 16.7. The van der Waals surface area contributed by atoms with Crippen LogP contribution in [0.3, 0.4) is 0 Å². The molecule has 0 bridgehead atoms. The van der Waals surface area contributed by atoms with Crippen LogP contribution in [0.2, 0.25) is 0 Å². The van der Waals surface area contributed by atoms with Crippen molar-refractivity contribution in [1.29, 1.82) is 0 Å². The normalized spacial score (nSPS) is 16.9. The molecule has 0 aromatic heterocycles. The molecule has 1 amide bonds. The largest absolute Gasteiger partial charge is 0.484 e. The molecule has 1 heterocycles. The van der Waals surface area contributed by atoms with Crippen molar-refractivity contribution in [2.24, 2.45) is 5.92 Å². The highest BCUT2D eigenvalue weighted by Crippen LogP contribution is 2.32. The minimum absolute atomic E-state index is 0.0570. The predicted octanol–water partition coefficient (Wildman–Crippen LogP) is 4.31. The van der Waals surface area contributed by atoms with Gasteiger partial charge in [0.2, 0.25) is 5.91 Å². The highest BCUT2D eigenvalue weighted by molar-refractivity contribution is 5.76. The minimum atomic E-state index is -0.408. The Bertz CT molecular complexity index is 794. The Morgan fingerprint density at radius 3 is 2.75 bits per heavy atom. The van der Waals surface area contributed by atoms with Crippen LogP contribution in [-0.2, 0) is 11.3 Å². The van der Waals surface area contributed by atoms with Crippen LogP contribution in [0.25, 0.3) is 0 Å². The lowest BCUT2D eigenvalue weighted by molar-refractivity contribution is -0.121. The number of benzene rings is 2. The number of amides is 1. The third kappa shape index (κ3) is 5.55. The van der Waals surface area contributed by atoms with E-state index in [9.17, 15) is 9.18 Å². The third-order valence-corrected chi connectivity index (χ3v) is 5.01. The minimum Gasteiger partial charge on any atom is -0.484 e. The second-order valence-corrected chi connectivity index (χ2v) is 7.75. The summed E-state index contributed by atoms with van der Waals surface area (Å²) in [5.74, 6) is 1.14. The first-order chi connectivity index (χ1) is 13.5. The second-order valence-electron chi connectivity index (χ2n) is 7.75. The van der Waals surface area contributed by atoms with Gasteiger partial charge in [0.05, 0.1) is 0 Å². The van der Waals surface area contributed by atoms with Crippen molar-refractivity contribution >= 4 is 5.91 Å². The van der Waals surface area contributed by atoms with Gasteiger partial charge < -0.3 is 10.1 Å². The van der Waals surface area contributed by atoms with E-state index < -0.39 is 6.10 Å². The number of nitrogens with one attached hydrogen (secondary N) is 1. The molecule has 0 aliphatic carbocycles. The number of rotatable bonds is 7. The number of fused-ring (bicyclic) bond motifs is 1. The molecule has 0 saturated carbocycles. The second kappa shape index (κ2) is 9.69. The Labute approximate surface area is 166 Å². The van der Waals surface area contributed by atoms with Crippen LogP contribution < -0.4 is 10.1 Å². The maximum absolute atomic E-state index is 14.4. The predicted molar refractivity (Wildman–Crippen MR) is 109 cm³/mol. The van der Waals surface area contributed by atoms with E-state index >= 15 is 0 Å². The molecule has 0 fully saturated rings. The molecule has 1 aliphatic rings. The van der Waals surface area contributed by atoms with Crippen molar-refractivity contribution in [3.05, 3.63) is 65.5 Å². The summed E-state index contributed by atoms with van der Waals surface area (Å²) in [5.41, 5.74) is 1.60. The topological polar surface area (TPSA) is 41.6 Å². The molecule has 150 valence electrons. The van der Waals surface area contributed by atoms with E-state index in [1.807, 2.05) is 30.3 Å². The summed E-state index contributed by atoms with van der Waals surface area (Å²) < 4.78 is 20.5. The number of carbonyl (C=O) groups excluding carboxylic acids is 1. The van der Waals surface area contributed by atoms with Gasteiger partial charge in [0, 0.05) is 43.7 Å². The molecule has 0 radical (unpaired) electrons. The van der Waals surface area contributed by atoms with Crippen molar-refractivity contribution in [2.45, 2.75) is 39.3 Å². The van der Waals surface area contributed by atoms with Crippen molar-refractivity contribution in [1.82, 2.24) is 10.2 Å². The molecule has 0 unspecified atom stereocenters. The summed E-state index contributed by atoms with van der Waals surface area (Å²) in [4.78, 5) is 14.3. The van der Waals surface area contributed by atoms with E-state index in [1.165, 1.54) is 6.07 Å². The number of ether oxygens (including phenoxy) is 1. The quantitative estimate of drug-likeness (QED) is 0.773. The molecule has 2 aromatic rings. The zero-order chi connectivity index (χ0) is 19.9. The van der Waals surface area contributed by atoms with Crippen LogP contribution in [-0.4, -0.2) is 30.4 Å². The molecular formula is C23H29FN2O2.